The standard InChI is InChI=1S/C35H28O7/c1-5-7-22-14-24-17-32(41-34(24)33(16-22)40-4)28-18-26(29(37)19-30(28)38)20(3)27-15-21(6-2)8-13-31(27)42-35(39)23-9-11-25(36)12-10-23/h5-19,36-38H,2-3H2,1,4H3/b7-5+. The lowest BCUT2D eigenvalue weighted by atomic mass is 9.94. The summed E-state index contributed by atoms with van der Waals surface area (Å²) in [6, 6.07) is 19.1. The number of esters is 1. The summed E-state index contributed by atoms with van der Waals surface area (Å²) in [7, 11) is 1.56. The smallest absolute Gasteiger partial charge is 0.343 e. The molecule has 7 nitrogen and oxygen atoms in total. The molecule has 0 saturated heterocycles. The number of benzene rings is 4. The monoisotopic (exact) mass is 560 g/mol. The summed E-state index contributed by atoms with van der Waals surface area (Å²) in [6.45, 7) is 9.93. The Bertz CT molecular complexity index is 1870. The SMILES string of the molecule is C=Cc1ccc(OC(=O)c2ccc(O)cc2)c(C(=C)c2cc(-c3cc4cc(/C=C/C)cc(OC)c4o3)c(O)cc2O)c1. The van der Waals surface area contributed by atoms with Gasteiger partial charge in [-0.2, -0.15) is 0 Å². The van der Waals surface area contributed by atoms with Crippen LogP contribution in [0.25, 0.3) is 40.0 Å². The van der Waals surface area contributed by atoms with Crippen LogP contribution in [0.2, 0.25) is 0 Å². The van der Waals surface area contributed by atoms with E-state index in [1.165, 1.54) is 30.3 Å². The van der Waals surface area contributed by atoms with Crippen LogP contribution in [0.3, 0.4) is 0 Å². The molecule has 0 radical (unpaired) electrons. The van der Waals surface area contributed by atoms with Gasteiger partial charge in [-0.25, -0.2) is 4.79 Å². The predicted molar refractivity (Wildman–Crippen MR) is 164 cm³/mol. The third-order valence-electron chi connectivity index (χ3n) is 6.76. The third kappa shape index (κ3) is 5.36. The van der Waals surface area contributed by atoms with Crippen molar-refractivity contribution in [2.75, 3.05) is 7.11 Å². The number of hydrogen-bond donors (Lipinski definition) is 3. The summed E-state index contributed by atoms with van der Waals surface area (Å²) in [5.41, 5.74) is 3.76. The average molecular weight is 561 g/mol. The molecule has 1 aromatic heterocycles. The summed E-state index contributed by atoms with van der Waals surface area (Å²) in [4.78, 5) is 12.9. The van der Waals surface area contributed by atoms with E-state index in [0.29, 0.717) is 33.8 Å². The minimum Gasteiger partial charge on any atom is -0.508 e. The number of furan rings is 1. The molecule has 5 rings (SSSR count). The van der Waals surface area contributed by atoms with Crippen molar-refractivity contribution in [3.8, 4) is 40.1 Å². The van der Waals surface area contributed by atoms with Crippen LogP contribution in [-0.4, -0.2) is 28.4 Å². The van der Waals surface area contributed by atoms with Crippen molar-refractivity contribution in [3.05, 3.63) is 120 Å². The molecule has 3 N–H and O–H groups in total. The Labute approximate surface area is 242 Å². The molecule has 0 aliphatic rings. The van der Waals surface area contributed by atoms with Gasteiger partial charge in [0.25, 0.3) is 0 Å². The lowest BCUT2D eigenvalue weighted by Gasteiger charge is -2.16. The Morgan fingerprint density at radius 3 is 2.31 bits per heavy atom. The van der Waals surface area contributed by atoms with Crippen LogP contribution >= 0.6 is 0 Å². The number of carbonyl (C=O) groups excluding carboxylic acids is 1. The van der Waals surface area contributed by atoms with Gasteiger partial charge in [-0.05, 0) is 84.3 Å². The van der Waals surface area contributed by atoms with Gasteiger partial charge in [0.15, 0.2) is 11.3 Å². The maximum absolute atomic E-state index is 12.9. The fourth-order valence-electron chi connectivity index (χ4n) is 4.63. The van der Waals surface area contributed by atoms with Crippen molar-refractivity contribution in [2.24, 2.45) is 0 Å². The number of allylic oxidation sites excluding steroid dienone is 1. The van der Waals surface area contributed by atoms with E-state index in [9.17, 15) is 20.1 Å². The lowest BCUT2D eigenvalue weighted by molar-refractivity contribution is 0.0734. The van der Waals surface area contributed by atoms with E-state index < -0.39 is 5.97 Å². The van der Waals surface area contributed by atoms with Crippen molar-refractivity contribution in [1.82, 2.24) is 0 Å². The van der Waals surface area contributed by atoms with Gasteiger partial charge in [0.05, 0.1) is 18.2 Å². The van der Waals surface area contributed by atoms with Crippen LogP contribution in [0.5, 0.6) is 28.7 Å². The zero-order valence-electron chi connectivity index (χ0n) is 23.0. The first-order valence-corrected chi connectivity index (χ1v) is 13.0. The number of hydrogen-bond acceptors (Lipinski definition) is 7. The minimum absolute atomic E-state index is 0.0238. The Hall–Kier alpha value is -5.69. The molecule has 42 heavy (non-hydrogen) atoms. The van der Waals surface area contributed by atoms with Crippen LogP contribution in [0.4, 0.5) is 0 Å². The number of methoxy groups -OCH3 is 1. The second-order valence-electron chi connectivity index (χ2n) is 9.51. The summed E-state index contributed by atoms with van der Waals surface area (Å²) in [5, 5.41) is 32.0. The Kier molecular flexibility index (Phi) is 7.58. The quantitative estimate of drug-likeness (QED) is 0.130. The first-order valence-electron chi connectivity index (χ1n) is 13.0. The van der Waals surface area contributed by atoms with E-state index in [-0.39, 0.29) is 34.1 Å². The van der Waals surface area contributed by atoms with E-state index >= 15 is 0 Å². The van der Waals surface area contributed by atoms with Crippen molar-refractivity contribution in [1.29, 1.82) is 0 Å². The van der Waals surface area contributed by atoms with Gasteiger partial charge >= 0.3 is 5.97 Å². The first-order chi connectivity index (χ1) is 20.2. The molecule has 5 aromatic rings. The molecule has 0 saturated carbocycles. The normalized spacial score (nSPS) is 11.1. The number of phenols is 3. The fourth-order valence-corrected chi connectivity index (χ4v) is 4.63. The minimum atomic E-state index is -0.639. The molecule has 0 aliphatic heterocycles. The lowest BCUT2D eigenvalue weighted by Crippen LogP contribution is -2.09. The first kappa shape index (κ1) is 27.9. The fraction of sp³-hybridized carbons (Fsp3) is 0.0571. The summed E-state index contributed by atoms with van der Waals surface area (Å²) < 4.78 is 17.4. The molecule has 0 spiro atoms. The number of phenolic OH excluding ortho intramolecular Hbond substituents is 3. The highest BCUT2D eigenvalue weighted by Gasteiger charge is 2.21. The molecule has 0 aliphatic carbocycles. The average Bonchev–Trinajstić information content (AvgIpc) is 3.41. The Balaban J connectivity index is 1.58. The van der Waals surface area contributed by atoms with Crippen molar-refractivity contribution in [3.63, 3.8) is 0 Å². The number of aromatic hydroxyl groups is 3. The number of carbonyl (C=O) groups is 1. The summed E-state index contributed by atoms with van der Waals surface area (Å²) in [5.74, 6) is 0.0417. The number of ether oxygens (including phenoxy) is 2. The van der Waals surface area contributed by atoms with E-state index in [2.05, 4.69) is 13.2 Å². The van der Waals surface area contributed by atoms with Crippen molar-refractivity contribution >= 4 is 34.7 Å². The zero-order chi connectivity index (χ0) is 30.0. The number of rotatable bonds is 8. The predicted octanol–water partition coefficient (Wildman–Crippen LogP) is 8.18. The topological polar surface area (TPSA) is 109 Å². The second-order valence-corrected chi connectivity index (χ2v) is 9.51. The second kappa shape index (κ2) is 11.4. The van der Waals surface area contributed by atoms with Crippen LogP contribution in [0.15, 0.2) is 96.4 Å². The van der Waals surface area contributed by atoms with E-state index in [4.69, 9.17) is 13.9 Å². The van der Waals surface area contributed by atoms with Crippen LogP contribution in [-0.2, 0) is 0 Å². The van der Waals surface area contributed by atoms with Gasteiger partial charge in [-0.1, -0.05) is 37.5 Å². The highest BCUT2D eigenvalue weighted by molar-refractivity contribution is 5.95. The molecular formula is C35H28O7. The van der Waals surface area contributed by atoms with E-state index in [1.54, 1.807) is 43.5 Å². The molecular weight excluding hydrogens is 532 g/mol. The van der Waals surface area contributed by atoms with Crippen molar-refractivity contribution < 1.29 is 34.0 Å². The van der Waals surface area contributed by atoms with Crippen molar-refractivity contribution in [2.45, 2.75) is 6.92 Å². The van der Waals surface area contributed by atoms with E-state index in [1.807, 2.05) is 31.2 Å². The van der Waals surface area contributed by atoms with Gasteiger partial charge in [-0.3, -0.25) is 0 Å². The molecule has 0 unspecified atom stereocenters. The van der Waals surface area contributed by atoms with Crippen LogP contribution in [0.1, 0.15) is 39.5 Å². The highest BCUT2D eigenvalue weighted by atomic mass is 16.5. The Morgan fingerprint density at radius 2 is 1.62 bits per heavy atom. The van der Waals surface area contributed by atoms with Gasteiger partial charge in [-0.15, -0.1) is 0 Å². The molecule has 0 amide bonds. The molecule has 4 aromatic carbocycles. The molecule has 1 heterocycles. The third-order valence-corrected chi connectivity index (χ3v) is 6.76. The van der Waals surface area contributed by atoms with Gasteiger partial charge in [0, 0.05) is 22.6 Å². The molecule has 210 valence electrons. The van der Waals surface area contributed by atoms with E-state index in [0.717, 1.165) is 16.5 Å². The molecule has 0 bridgehead atoms. The highest BCUT2D eigenvalue weighted by Crippen LogP contribution is 2.43. The molecule has 0 atom stereocenters. The van der Waals surface area contributed by atoms with Gasteiger partial charge < -0.3 is 29.2 Å². The zero-order valence-corrected chi connectivity index (χ0v) is 23.0. The maximum Gasteiger partial charge on any atom is 0.343 e. The summed E-state index contributed by atoms with van der Waals surface area (Å²) in [6.07, 6.45) is 5.50. The molecule has 0 fully saturated rings. The van der Waals surface area contributed by atoms with Crippen LogP contribution < -0.4 is 9.47 Å². The summed E-state index contributed by atoms with van der Waals surface area (Å²) >= 11 is 0. The maximum atomic E-state index is 12.9. The van der Waals surface area contributed by atoms with Gasteiger partial charge in [0.1, 0.15) is 28.8 Å². The Morgan fingerprint density at radius 1 is 0.857 bits per heavy atom. The van der Waals surface area contributed by atoms with Crippen LogP contribution in [0, 0.1) is 0 Å². The van der Waals surface area contributed by atoms with Gasteiger partial charge in [0.2, 0.25) is 0 Å². The molecule has 7 heteroatoms. The largest absolute Gasteiger partial charge is 0.508 e. The number of fused-ring (bicyclic) bond motifs is 1.